The van der Waals surface area contributed by atoms with E-state index in [4.69, 9.17) is 0 Å². The summed E-state index contributed by atoms with van der Waals surface area (Å²) in [6.45, 7) is 7.64. The maximum absolute atomic E-state index is 12.9. The van der Waals surface area contributed by atoms with Gasteiger partial charge in [-0.1, -0.05) is 20.4 Å². The zero-order chi connectivity index (χ0) is 16.9. The first-order valence-corrected chi connectivity index (χ1v) is 7.60. The van der Waals surface area contributed by atoms with Crippen LogP contribution >= 0.6 is 0 Å². The Kier molecular flexibility index (Phi) is 3.43. The van der Waals surface area contributed by atoms with Gasteiger partial charge in [-0.25, -0.2) is 4.98 Å². The second-order valence-electron chi connectivity index (χ2n) is 5.67. The highest BCUT2D eigenvalue weighted by atomic mass is 16.3. The number of aryl methyl sites for hydroxylation is 2. The van der Waals surface area contributed by atoms with E-state index in [-0.39, 0.29) is 28.5 Å². The van der Waals surface area contributed by atoms with Crippen LogP contribution in [0.1, 0.15) is 46.7 Å². The van der Waals surface area contributed by atoms with Crippen LogP contribution in [0.15, 0.2) is 16.9 Å². The molecule has 0 fully saturated rings. The Balaban J connectivity index is 2.61. The van der Waals surface area contributed by atoms with E-state index in [0.717, 1.165) is 5.56 Å². The number of ketones is 1. The van der Waals surface area contributed by atoms with Gasteiger partial charge in [-0.2, -0.15) is 0 Å². The van der Waals surface area contributed by atoms with E-state index in [9.17, 15) is 14.7 Å². The monoisotopic (exact) mass is 310 g/mol. The van der Waals surface area contributed by atoms with Gasteiger partial charge in [0.15, 0.2) is 0 Å². The van der Waals surface area contributed by atoms with Crippen molar-refractivity contribution in [1.29, 1.82) is 0 Å². The number of carbonyl (C=O) groups excluding carboxylic acids is 1. The standard InChI is InChI=1S/C18H18N2O3/c1-5-10-7-9(3)19-15-13(10)17(22)14-11(6-2)8-12(21)20(4)16(14)18(15)23/h7-8,22H,3,5-6H2,1-2,4H3. The third-order valence-electron chi connectivity index (χ3n) is 4.34. The lowest BCUT2D eigenvalue weighted by Gasteiger charge is -2.21. The largest absolute Gasteiger partial charge is 0.507 e. The molecule has 0 aromatic carbocycles. The zero-order valence-corrected chi connectivity index (χ0v) is 13.4. The van der Waals surface area contributed by atoms with Crippen LogP contribution in [0.2, 0.25) is 0 Å². The van der Waals surface area contributed by atoms with E-state index >= 15 is 0 Å². The first-order valence-electron chi connectivity index (χ1n) is 7.60. The van der Waals surface area contributed by atoms with Gasteiger partial charge in [0.25, 0.3) is 5.56 Å². The molecular weight excluding hydrogens is 292 g/mol. The van der Waals surface area contributed by atoms with Crippen LogP contribution in [-0.4, -0.2) is 20.4 Å². The number of hydrogen-bond donors (Lipinski definition) is 1. The first-order chi connectivity index (χ1) is 10.9. The van der Waals surface area contributed by atoms with Crippen LogP contribution in [0.5, 0.6) is 0 Å². The lowest BCUT2D eigenvalue weighted by atomic mass is 9.90. The maximum Gasteiger partial charge on any atom is 0.251 e. The van der Waals surface area contributed by atoms with Crippen molar-refractivity contribution in [3.63, 3.8) is 0 Å². The van der Waals surface area contributed by atoms with Crippen molar-refractivity contribution in [2.24, 2.45) is 7.05 Å². The third-order valence-corrected chi connectivity index (χ3v) is 4.34. The molecular formula is C18H18N2O3. The Bertz CT molecular complexity index is 1020. The molecule has 2 aromatic heterocycles. The topological polar surface area (TPSA) is 72.2 Å². The molecule has 0 unspecified atom stereocenters. The van der Waals surface area contributed by atoms with Crippen LogP contribution in [0, 0.1) is 0 Å². The van der Waals surface area contributed by atoms with Crippen molar-refractivity contribution in [2.45, 2.75) is 26.7 Å². The highest BCUT2D eigenvalue weighted by molar-refractivity contribution is 6.12. The predicted molar refractivity (Wildman–Crippen MR) is 88.0 cm³/mol. The van der Waals surface area contributed by atoms with E-state index < -0.39 is 0 Å². The predicted octanol–water partition coefficient (Wildman–Crippen LogP) is 0.574. The van der Waals surface area contributed by atoms with Crippen molar-refractivity contribution in [2.75, 3.05) is 0 Å². The fourth-order valence-electron chi connectivity index (χ4n) is 3.16. The van der Waals surface area contributed by atoms with Gasteiger partial charge in [0.05, 0.1) is 10.6 Å². The first kappa shape index (κ1) is 15.2. The van der Waals surface area contributed by atoms with Crippen molar-refractivity contribution < 1.29 is 9.90 Å². The van der Waals surface area contributed by atoms with Crippen molar-refractivity contribution >= 4 is 18.1 Å². The summed E-state index contributed by atoms with van der Waals surface area (Å²) in [5.41, 5.74) is 2.03. The number of fused-ring (bicyclic) bond motifs is 2. The van der Waals surface area contributed by atoms with Crippen molar-refractivity contribution in [3.8, 4) is 0 Å². The lowest BCUT2D eigenvalue weighted by Crippen LogP contribution is -2.38. The maximum atomic E-state index is 12.9. The summed E-state index contributed by atoms with van der Waals surface area (Å²) >= 11 is 0. The molecule has 0 saturated carbocycles. The van der Waals surface area contributed by atoms with E-state index in [1.807, 2.05) is 13.8 Å². The van der Waals surface area contributed by atoms with Gasteiger partial charge >= 0.3 is 0 Å². The molecule has 23 heavy (non-hydrogen) atoms. The molecule has 0 saturated heterocycles. The van der Waals surface area contributed by atoms with Crippen molar-refractivity contribution in [1.82, 2.24) is 9.55 Å². The summed E-state index contributed by atoms with van der Waals surface area (Å²) in [7, 11) is 1.53. The minimum atomic E-state index is -0.345. The summed E-state index contributed by atoms with van der Waals surface area (Å²) < 4.78 is 1.28. The summed E-state index contributed by atoms with van der Waals surface area (Å²) in [6.07, 6.45) is 1.20. The van der Waals surface area contributed by atoms with Gasteiger partial charge in [0.1, 0.15) is 17.1 Å². The number of aliphatic hydroxyl groups is 1. The second-order valence-corrected chi connectivity index (χ2v) is 5.67. The van der Waals surface area contributed by atoms with Crippen LogP contribution in [0.3, 0.4) is 0 Å². The second kappa shape index (κ2) is 5.19. The van der Waals surface area contributed by atoms with Gasteiger partial charge in [-0.05, 0) is 30.0 Å². The van der Waals surface area contributed by atoms with Gasteiger partial charge in [0, 0.05) is 18.7 Å². The Morgan fingerprint density at radius 1 is 1.17 bits per heavy atom. The molecule has 0 amide bonds. The quantitative estimate of drug-likeness (QED) is 0.880. The molecule has 3 rings (SSSR count). The molecule has 2 aromatic rings. The van der Waals surface area contributed by atoms with Gasteiger partial charge < -0.3 is 9.67 Å². The van der Waals surface area contributed by atoms with E-state index in [1.165, 1.54) is 17.7 Å². The summed E-state index contributed by atoms with van der Waals surface area (Å²) in [5.74, 6) is -0.325. The normalized spacial score (nSPS) is 13.0. The van der Waals surface area contributed by atoms with E-state index in [0.29, 0.717) is 34.5 Å². The van der Waals surface area contributed by atoms with Gasteiger partial charge in [-0.15, -0.1) is 0 Å². The molecule has 118 valence electrons. The molecule has 1 aliphatic rings. The highest BCUT2D eigenvalue weighted by Gasteiger charge is 2.31. The lowest BCUT2D eigenvalue weighted by molar-refractivity contribution is 0.102. The minimum absolute atomic E-state index is 0.0198. The minimum Gasteiger partial charge on any atom is -0.507 e. The molecule has 0 bridgehead atoms. The van der Waals surface area contributed by atoms with Crippen LogP contribution in [0.4, 0.5) is 0 Å². The number of rotatable bonds is 2. The molecule has 5 heteroatoms. The molecule has 0 aliphatic heterocycles. The molecule has 1 aliphatic carbocycles. The van der Waals surface area contributed by atoms with Gasteiger partial charge in [0.2, 0.25) is 5.78 Å². The number of carbonyl (C=O) groups is 1. The Hall–Kier alpha value is -2.69. The molecule has 0 spiro atoms. The average Bonchev–Trinajstić information content (AvgIpc) is 2.53. The highest BCUT2D eigenvalue weighted by Crippen LogP contribution is 2.24. The fraction of sp³-hybridized carbons (Fsp3) is 0.278. The number of aliphatic hydroxyl groups excluding tert-OH is 1. The fourth-order valence-corrected chi connectivity index (χ4v) is 3.16. The van der Waals surface area contributed by atoms with E-state index in [2.05, 4.69) is 11.6 Å². The number of nitrogens with zero attached hydrogens (tertiary/aromatic N) is 2. The number of pyridine rings is 2. The zero-order valence-electron chi connectivity index (χ0n) is 13.4. The van der Waals surface area contributed by atoms with Gasteiger partial charge in [-0.3, -0.25) is 9.59 Å². The molecule has 5 nitrogen and oxygen atoms in total. The molecule has 2 heterocycles. The van der Waals surface area contributed by atoms with Crippen molar-refractivity contribution in [3.05, 3.63) is 61.1 Å². The number of hydrogen-bond acceptors (Lipinski definition) is 4. The van der Waals surface area contributed by atoms with Crippen LogP contribution in [0.25, 0.3) is 12.3 Å². The molecule has 0 atom stereocenters. The Morgan fingerprint density at radius 3 is 2.43 bits per heavy atom. The molecule has 1 N–H and O–H groups in total. The molecule has 0 radical (unpaired) electrons. The average molecular weight is 310 g/mol. The number of aromatic nitrogens is 2. The van der Waals surface area contributed by atoms with E-state index in [1.54, 1.807) is 6.07 Å². The smallest absolute Gasteiger partial charge is 0.251 e. The summed E-state index contributed by atoms with van der Waals surface area (Å²) in [5, 5.41) is 11.8. The summed E-state index contributed by atoms with van der Waals surface area (Å²) in [4.78, 5) is 29.3. The Morgan fingerprint density at radius 2 is 1.83 bits per heavy atom. The third kappa shape index (κ3) is 2.04. The van der Waals surface area contributed by atoms with Crippen LogP contribution in [-0.2, 0) is 19.9 Å². The Labute approximate surface area is 133 Å². The van der Waals surface area contributed by atoms with Crippen LogP contribution < -0.4 is 16.1 Å². The summed E-state index contributed by atoms with van der Waals surface area (Å²) in [6, 6.07) is 3.25. The SMILES string of the molecule is C=c1cc(CC)c2c(n1)C(=O)c1c(c(CC)cc(=O)n1C)C=2O.